The summed E-state index contributed by atoms with van der Waals surface area (Å²) in [6.45, 7) is -1.33. The molecule has 0 saturated carbocycles. The van der Waals surface area contributed by atoms with Crippen molar-refractivity contribution in [2.75, 3.05) is 32.1 Å². The van der Waals surface area contributed by atoms with Crippen molar-refractivity contribution in [2.45, 2.75) is 19.1 Å². The Morgan fingerprint density at radius 3 is 2.62 bits per heavy atom. The number of alkyl halides is 2. The molecule has 4 rings (SSSR count). The number of phenols is 1. The highest BCUT2D eigenvalue weighted by Gasteiger charge is 2.26. The van der Waals surface area contributed by atoms with Gasteiger partial charge in [-0.15, -0.1) is 0 Å². The van der Waals surface area contributed by atoms with Crippen LogP contribution in [0.15, 0.2) is 54.6 Å². The van der Waals surface area contributed by atoms with Crippen molar-refractivity contribution in [3.63, 3.8) is 0 Å². The first-order valence-corrected chi connectivity index (χ1v) is 10.7. The van der Waals surface area contributed by atoms with E-state index < -0.39 is 6.61 Å². The molecule has 168 valence electrons. The molecule has 1 N–H and O–H groups in total. The maximum absolute atomic E-state index is 13.0. The molecule has 1 aliphatic heterocycles. The Morgan fingerprint density at radius 2 is 1.91 bits per heavy atom. The molecule has 32 heavy (non-hydrogen) atoms. The predicted molar refractivity (Wildman–Crippen MR) is 123 cm³/mol. The van der Waals surface area contributed by atoms with Crippen molar-refractivity contribution in [3.05, 3.63) is 59.6 Å². The van der Waals surface area contributed by atoms with E-state index in [0.29, 0.717) is 39.3 Å². The third kappa shape index (κ3) is 4.79. The van der Waals surface area contributed by atoms with Gasteiger partial charge < -0.3 is 19.6 Å². The van der Waals surface area contributed by atoms with E-state index in [-0.39, 0.29) is 11.5 Å². The third-order valence-corrected chi connectivity index (χ3v) is 5.91. The Hall–Kier alpha value is -2.90. The van der Waals surface area contributed by atoms with E-state index in [2.05, 4.69) is 9.80 Å². The van der Waals surface area contributed by atoms with Crippen molar-refractivity contribution < 1.29 is 18.6 Å². The molecular formula is C24H24ClF2N3O2. The standard InChI is InChI=1S/C24H24ClF2N3O2/c1-29(2)17-9-10-30(14-17)23-12-15(18-5-3-4-6-22(18)32-24(26)27)11-20(28-23)19-13-16(25)7-8-21(19)31/h3-8,11-13,17,24,31H,9-10,14H2,1-2H3. The number of para-hydroxylation sites is 1. The number of anilines is 1. The summed E-state index contributed by atoms with van der Waals surface area (Å²) in [6, 6.07) is 15.4. The van der Waals surface area contributed by atoms with Crippen LogP contribution in [0.2, 0.25) is 5.02 Å². The maximum atomic E-state index is 13.0. The number of halogens is 3. The molecule has 1 atom stereocenters. The lowest BCUT2D eigenvalue weighted by molar-refractivity contribution is -0.0494. The fourth-order valence-corrected chi connectivity index (χ4v) is 4.13. The Kier molecular flexibility index (Phi) is 6.48. The van der Waals surface area contributed by atoms with Crippen LogP contribution in [0.4, 0.5) is 14.6 Å². The molecule has 0 bridgehead atoms. The van der Waals surface area contributed by atoms with E-state index in [1.807, 2.05) is 20.2 Å². The van der Waals surface area contributed by atoms with Crippen LogP contribution in [0.5, 0.6) is 11.5 Å². The van der Waals surface area contributed by atoms with Gasteiger partial charge in [-0.1, -0.05) is 29.8 Å². The van der Waals surface area contributed by atoms with E-state index in [9.17, 15) is 13.9 Å². The first-order chi connectivity index (χ1) is 15.3. The molecule has 2 heterocycles. The number of aromatic hydroxyl groups is 1. The zero-order valence-electron chi connectivity index (χ0n) is 17.8. The van der Waals surface area contributed by atoms with E-state index in [1.165, 1.54) is 12.1 Å². The number of ether oxygens (including phenoxy) is 1. The Bertz CT molecular complexity index is 1110. The van der Waals surface area contributed by atoms with Gasteiger partial charge in [0.25, 0.3) is 0 Å². The fourth-order valence-electron chi connectivity index (χ4n) is 3.96. The minimum Gasteiger partial charge on any atom is -0.507 e. The molecule has 0 amide bonds. The molecule has 1 saturated heterocycles. The Labute approximate surface area is 190 Å². The van der Waals surface area contributed by atoms with Gasteiger partial charge in [0.1, 0.15) is 17.3 Å². The third-order valence-electron chi connectivity index (χ3n) is 5.68. The average Bonchev–Trinajstić information content (AvgIpc) is 3.26. The van der Waals surface area contributed by atoms with E-state index >= 15 is 0 Å². The summed E-state index contributed by atoms with van der Waals surface area (Å²) in [5.74, 6) is 0.816. The topological polar surface area (TPSA) is 48.8 Å². The second-order valence-electron chi connectivity index (χ2n) is 7.99. The van der Waals surface area contributed by atoms with Gasteiger partial charge in [-0.05, 0) is 62.5 Å². The van der Waals surface area contributed by atoms with Crippen LogP contribution in [0.3, 0.4) is 0 Å². The quantitative estimate of drug-likeness (QED) is 0.526. The Balaban J connectivity index is 1.85. The number of rotatable bonds is 6. The summed E-state index contributed by atoms with van der Waals surface area (Å²) in [6.07, 6.45) is 0.988. The lowest BCUT2D eigenvalue weighted by Gasteiger charge is -2.22. The molecule has 1 fully saturated rings. The molecule has 1 aliphatic rings. The lowest BCUT2D eigenvalue weighted by atomic mass is 10.0. The van der Waals surface area contributed by atoms with E-state index in [4.69, 9.17) is 21.3 Å². The minimum absolute atomic E-state index is 0.0368. The van der Waals surface area contributed by atoms with Gasteiger partial charge >= 0.3 is 6.61 Å². The highest BCUT2D eigenvalue weighted by atomic mass is 35.5. The number of likely N-dealkylation sites (N-methyl/N-ethyl adjacent to an activating group) is 1. The zero-order chi connectivity index (χ0) is 22.8. The van der Waals surface area contributed by atoms with Gasteiger partial charge in [0.2, 0.25) is 0 Å². The lowest BCUT2D eigenvalue weighted by Crippen LogP contribution is -2.31. The Morgan fingerprint density at radius 1 is 1.12 bits per heavy atom. The number of benzene rings is 2. The van der Waals surface area contributed by atoms with Gasteiger partial charge in [-0.25, -0.2) is 4.98 Å². The van der Waals surface area contributed by atoms with Crippen LogP contribution in [-0.4, -0.2) is 54.8 Å². The molecular weight excluding hydrogens is 436 g/mol. The van der Waals surface area contributed by atoms with Gasteiger partial charge in [0.05, 0.1) is 5.69 Å². The minimum atomic E-state index is -2.94. The maximum Gasteiger partial charge on any atom is 0.387 e. The average molecular weight is 460 g/mol. The fraction of sp³-hybridized carbons (Fsp3) is 0.292. The molecule has 1 unspecified atom stereocenters. The molecule has 5 nitrogen and oxygen atoms in total. The number of nitrogens with zero attached hydrogens (tertiary/aromatic N) is 3. The highest BCUT2D eigenvalue weighted by Crippen LogP contribution is 2.38. The molecule has 0 aliphatic carbocycles. The summed E-state index contributed by atoms with van der Waals surface area (Å²) in [5, 5.41) is 10.9. The molecule has 8 heteroatoms. The second kappa shape index (κ2) is 9.30. The largest absolute Gasteiger partial charge is 0.507 e. The van der Waals surface area contributed by atoms with Crippen LogP contribution in [-0.2, 0) is 0 Å². The highest BCUT2D eigenvalue weighted by molar-refractivity contribution is 6.31. The first-order valence-electron chi connectivity index (χ1n) is 10.3. The normalized spacial score (nSPS) is 16.2. The van der Waals surface area contributed by atoms with Crippen LogP contribution in [0, 0.1) is 0 Å². The molecule has 1 aromatic heterocycles. The van der Waals surface area contributed by atoms with Crippen molar-refractivity contribution in [1.29, 1.82) is 0 Å². The number of phenolic OH excluding ortho intramolecular Hbond substituents is 1. The molecule has 0 radical (unpaired) electrons. The smallest absolute Gasteiger partial charge is 0.387 e. The number of aromatic nitrogens is 1. The number of hydrogen-bond donors (Lipinski definition) is 1. The SMILES string of the molecule is CN(C)C1CCN(c2cc(-c3ccccc3OC(F)F)cc(-c3cc(Cl)ccc3O)n2)C1. The summed E-state index contributed by atoms with van der Waals surface area (Å²) in [4.78, 5) is 9.14. The van der Waals surface area contributed by atoms with Crippen molar-refractivity contribution in [1.82, 2.24) is 9.88 Å². The van der Waals surface area contributed by atoms with E-state index in [1.54, 1.807) is 36.4 Å². The summed E-state index contributed by atoms with van der Waals surface area (Å²) < 4.78 is 30.8. The van der Waals surface area contributed by atoms with Crippen molar-refractivity contribution in [2.24, 2.45) is 0 Å². The van der Waals surface area contributed by atoms with E-state index in [0.717, 1.165) is 19.5 Å². The summed E-state index contributed by atoms with van der Waals surface area (Å²) in [5.41, 5.74) is 2.14. The monoisotopic (exact) mass is 459 g/mol. The number of hydrogen-bond acceptors (Lipinski definition) is 5. The van der Waals surface area contributed by atoms with Gasteiger partial charge in [0.15, 0.2) is 0 Å². The zero-order valence-corrected chi connectivity index (χ0v) is 18.6. The first kappa shape index (κ1) is 22.3. The summed E-state index contributed by atoms with van der Waals surface area (Å²) >= 11 is 6.17. The molecule has 3 aromatic rings. The van der Waals surface area contributed by atoms with Crippen LogP contribution in [0.25, 0.3) is 22.4 Å². The van der Waals surface area contributed by atoms with Gasteiger partial charge in [-0.2, -0.15) is 8.78 Å². The summed E-state index contributed by atoms with van der Waals surface area (Å²) in [7, 11) is 4.09. The van der Waals surface area contributed by atoms with Crippen LogP contribution >= 0.6 is 11.6 Å². The second-order valence-corrected chi connectivity index (χ2v) is 8.42. The van der Waals surface area contributed by atoms with Crippen molar-refractivity contribution >= 4 is 17.4 Å². The predicted octanol–water partition coefficient (Wildman–Crippen LogP) is 5.52. The molecule has 0 spiro atoms. The van der Waals surface area contributed by atoms with Crippen LogP contribution < -0.4 is 9.64 Å². The van der Waals surface area contributed by atoms with Crippen molar-refractivity contribution in [3.8, 4) is 33.9 Å². The van der Waals surface area contributed by atoms with Gasteiger partial charge in [-0.3, -0.25) is 0 Å². The van der Waals surface area contributed by atoms with Crippen LogP contribution in [0.1, 0.15) is 6.42 Å². The number of pyridine rings is 1. The van der Waals surface area contributed by atoms with Gasteiger partial charge in [0, 0.05) is 35.3 Å². The molecule has 2 aromatic carbocycles.